The fourth-order valence-electron chi connectivity index (χ4n) is 4.38. The van der Waals surface area contributed by atoms with E-state index >= 15 is 0 Å². The fourth-order valence-corrected chi connectivity index (χ4v) is 4.38. The summed E-state index contributed by atoms with van der Waals surface area (Å²) in [7, 11) is 1.68. The predicted molar refractivity (Wildman–Crippen MR) is 129 cm³/mol. The molecule has 0 radical (unpaired) electrons. The van der Waals surface area contributed by atoms with Crippen LogP contribution in [0.1, 0.15) is 56.4 Å². The van der Waals surface area contributed by atoms with Crippen LogP contribution in [0, 0.1) is 13.8 Å². The number of amides is 1. The zero-order valence-corrected chi connectivity index (χ0v) is 20.3. The van der Waals surface area contributed by atoms with Crippen LogP contribution in [-0.2, 0) is 4.74 Å². The highest BCUT2D eigenvalue weighted by atomic mass is 16.6. The molecule has 1 fully saturated rings. The molecule has 1 amide bonds. The lowest BCUT2D eigenvalue weighted by molar-refractivity contribution is 0.0197. The quantitative estimate of drug-likeness (QED) is 0.532. The third-order valence-corrected chi connectivity index (χ3v) is 5.84. The molecule has 7 nitrogen and oxygen atoms in total. The third kappa shape index (κ3) is 5.07. The van der Waals surface area contributed by atoms with Crippen molar-refractivity contribution in [3.05, 3.63) is 47.3 Å². The number of nitrogens with zero attached hydrogens (tertiary/aromatic N) is 4. The summed E-state index contributed by atoms with van der Waals surface area (Å²) in [4.78, 5) is 28.7. The second-order valence-corrected chi connectivity index (χ2v) is 9.76. The Morgan fingerprint density at radius 3 is 2.67 bits per heavy atom. The van der Waals surface area contributed by atoms with Gasteiger partial charge in [-0.15, -0.1) is 0 Å². The van der Waals surface area contributed by atoms with E-state index in [0.29, 0.717) is 18.7 Å². The Labute approximate surface area is 195 Å². The van der Waals surface area contributed by atoms with Gasteiger partial charge in [-0.2, -0.15) is 0 Å². The number of aromatic nitrogens is 3. The average Bonchev–Trinajstić information content (AvgIpc) is 2.76. The molecule has 0 N–H and O–H groups in total. The van der Waals surface area contributed by atoms with Gasteiger partial charge in [-0.05, 0) is 76.8 Å². The van der Waals surface area contributed by atoms with E-state index in [1.54, 1.807) is 12.0 Å². The maximum absolute atomic E-state index is 12.6. The van der Waals surface area contributed by atoms with E-state index in [-0.39, 0.29) is 12.0 Å². The minimum Gasteiger partial charge on any atom is -0.496 e. The predicted octanol–water partition coefficient (Wildman–Crippen LogP) is 5.43. The van der Waals surface area contributed by atoms with Crippen LogP contribution in [-0.4, -0.2) is 51.7 Å². The monoisotopic (exact) mass is 448 g/mol. The van der Waals surface area contributed by atoms with Crippen molar-refractivity contribution in [3.8, 4) is 17.0 Å². The second-order valence-electron chi connectivity index (χ2n) is 9.76. The number of pyridine rings is 1. The molecule has 1 aromatic carbocycles. The van der Waals surface area contributed by atoms with Crippen molar-refractivity contribution in [3.63, 3.8) is 0 Å². The first-order valence-electron chi connectivity index (χ1n) is 11.4. The number of rotatable bonds is 3. The molecule has 1 atom stereocenters. The normalized spacial score (nSPS) is 16.7. The number of carbonyl (C=O) groups excluding carboxylic acids is 1. The van der Waals surface area contributed by atoms with Gasteiger partial charge in [0.2, 0.25) is 0 Å². The number of fused-ring (bicyclic) bond motifs is 1. The van der Waals surface area contributed by atoms with Crippen LogP contribution >= 0.6 is 0 Å². The van der Waals surface area contributed by atoms with E-state index in [0.717, 1.165) is 52.2 Å². The number of hydrogen-bond acceptors (Lipinski definition) is 6. The van der Waals surface area contributed by atoms with Crippen molar-refractivity contribution in [1.82, 2.24) is 19.9 Å². The summed E-state index contributed by atoms with van der Waals surface area (Å²) >= 11 is 0. The molecule has 0 spiro atoms. The number of carbonyl (C=O) groups is 1. The van der Waals surface area contributed by atoms with Gasteiger partial charge < -0.3 is 14.4 Å². The number of hydrogen-bond donors (Lipinski definition) is 0. The summed E-state index contributed by atoms with van der Waals surface area (Å²) in [6.07, 6.45) is 3.38. The number of likely N-dealkylation sites (tertiary alicyclic amines) is 1. The molecule has 1 aliphatic heterocycles. The van der Waals surface area contributed by atoms with Crippen molar-refractivity contribution in [2.24, 2.45) is 0 Å². The Morgan fingerprint density at radius 2 is 1.94 bits per heavy atom. The van der Waals surface area contributed by atoms with Gasteiger partial charge in [-0.1, -0.05) is 6.07 Å². The first-order valence-corrected chi connectivity index (χ1v) is 11.4. The maximum Gasteiger partial charge on any atom is 0.410 e. The Morgan fingerprint density at radius 1 is 1.15 bits per heavy atom. The number of benzene rings is 1. The maximum atomic E-state index is 12.6. The lowest BCUT2D eigenvalue weighted by Crippen LogP contribution is -2.42. The lowest BCUT2D eigenvalue weighted by Gasteiger charge is -2.33. The van der Waals surface area contributed by atoms with Gasteiger partial charge in [0.15, 0.2) is 5.65 Å². The van der Waals surface area contributed by atoms with Gasteiger partial charge in [-0.3, -0.25) is 4.98 Å². The number of ether oxygens (including phenoxy) is 2. The molecule has 3 aromatic rings. The highest BCUT2D eigenvalue weighted by molar-refractivity contribution is 5.78. The Bertz CT molecular complexity index is 1190. The van der Waals surface area contributed by atoms with Gasteiger partial charge in [0.1, 0.15) is 16.9 Å². The van der Waals surface area contributed by atoms with E-state index in [9.17, 15) is 4.79 Å². The molecule has 174 valence electrons. The first kappa shape index (κ1) is 23.0. The molecule has 0 saturated carbocycles. The van der Waals surface area contributed by atoms with Crippen molar-refractivity contribution in [1.29, 1.82) is 0 Å². The molecule has 0 bridgehead atoms. The molecule has 3 heterocycles. The second kappa shape index (κ2) is 8.96. The molecule has 2 aromatic heterocycles. The standard InChI is InChI=1S/C26H32N4O3/c1-16-12-17(2)23(22(13-16)32-6)19-9-10-20-24(28-19)29-21(14-27-20)18-8-7-11-30(15-18)25(31)33-26(3,4)5/h9-10,12-14,18H,7-8,11,15H2,1-6H3/t18-/m1/s1. The van der Waals surface area contributed by atoms with E-state index in [1.807, 2.05) is 45.2 Å². The molecule has 33 heavy (non-hydrogen) atoms. The van der Waals surface area contributed by atoms with Crippen molar-refractivity contribution in [2.45, 2.75) is 59.0 Å². The molecule has 0 unspecified atom stereocenters. The molecule has 0 aliphatic carbocycles. The number of piperidine rings is 1. The summed E-state index contributed by atoms with van der Waals surface area (Å²) in [6.45, 7) is 11.0. The zero-order valence-electron chi connectivity index (χ0n) is 20.3. The van der Waals surface area contributed by atoms with Crippen LogP contribution in [0.5, 0.6) is 5.75 Å². The summed E-state index contributed by atoms with van der Waals surface area (Å²) in [5.41, 5.74) is 5.70. The Kier molecular flexibility index (Phi) is 6.23. The molecule has 1 saturated heterocycles. The highest BCUT2D eigenvalue weighted by Gasteiger charge is 2.29. The van der Waals surface area contributed by atoms with Gasteiger partial charge in [0.25, 0.3) is 0 Å². The molecule has 4 rings (SSSR count). The SMILES string of the molecule is COc1cc(C)cc(C)c1-c1ccc2ncc([C@@H]3CCCN(C(=O)OC(C)(C)C)C3)nc2n1. The van der Waals surface area contributed by atoms with E-state index < -0.39 is 5.60 Å². The summed E-state index contributed by atoms with van der Waals surface area (Å²) in [6, 6.07) is 8.05. The van der Waals surface area contributed by atoms with Crippen LogP contribution in [0.15, 0.2) is 30.5 Å². The van der Waals surface area contributed by atoms with Gasteiger partial charge in [0, 0.05) is 30.8 Å². The highest BCUT2D eigenvalue weighted by Crippen LogP contribution is 2.34. The van der Waals surface area contributed by atoms with Gasteiger partial charge >= 0.3 is 6.09 Å². The van der Waals surface area contributed by atoms with Crippen molar-refractivity contribution < 1.29 is 14.3 Å². The third-order valence-electron chi connectivity index (χ3n) is 5.84. The first-order chi connectivity index (χ1) is 15.6. The fraction of sp³-hybridized carbons (Fsp3) is 0.462. The van der Waals surface area contributed by atoms with Crippen LogP contribution in [0.4, 0.5) is 4.79 Å². The number of aryl methyl sites for hydroxylation is 2. The largest absolute Gasteiger partial charge is 0.496 e. The van der Waals surface area contributed by atoms with E-state index in [4.69, 9.17) is 19.4 Å². The molecular formula is C26H32N4O3. The minimum atomic E-state index is -0.512. The lowest BCUT2D eigenvalue weighted by atomic mass is 9.95. The van der Waals surface area contributed by atoms with Crippen LogP contribution in [0.25, 0.3) is 22.4 Å². The van der Waals surface area contributed by atoms with Crippen LogP contribution in [0.2, 0.25) is 0 Å². The van der Waals surface area contributed by atoms with Crippen LogP contribution in [0.3, 0.4) is 0 Å². The Balaban J connectivity index is 1.64. The zero-order chi connectivity index (χ0) is 23.8. The number of methoxy groups -OCH3 is 1. The van der Waals surface area contributed by atoms with Gasteiger partial charge in [-0.25, -0.2) is 14.8 Å². The van der Waals surface area contributed by atoms with E-state index in [1.165, 1.54) is 0 Å². The van der Waals surface area contributed by atoms with Crippen molar-refractivity contribution in [2.75, 3.05) is 20.2 Å². The molecule has 1 aliphatic rings. The summed E-state index contributed by atoms with van der Waals surface area (Å²) in [5.74, 6) is 0.896. The minimum absolute atomic E-state index is 0.101. The average molecular weight is 449 g/mol. The van der Waals surface area contributed by atoms with Crippen molar-refractivity contribution >= 4 is 17.3 Å². The smallest absolute Gasteiger partial charge is 0.410 e. The van der Waals surface area contributed by atoms with Crippen LogP contribution < -0.4 is 4.74 Å². The topological polar surface area (TPSA) is 77.4 Å². The molecule has 7 heteroatoms. The molecular weight excluding hydrogens is 416 g/mol. The Hall–Kier alpha value is -3.22. The van der Waals surface area contributed by atoms with E-state index in [2.05, 4.69) is 24.9 Å². The van der Waals surface area contributed by atoms with Gasteiger partial charge in [0.05, 0.1) is 18.5 Å². The summed E-state index contributed by atoms with van der Waals surface area (Å²) < 4.78 is 11.2. The summed E-state index contributed by atoms with van der Waals surface area (Å²) in [5, 5.41) is 0.